The van der Waals surface area contributed by atoms with Crippen LogP contribution in [-0.2, 0) is 17.8 Å². The van der Waals surface area contributed by atoms with Crippen LogP contribution < -0.4 is 10.5 Å². The van der Waals surface area contributed by atoms with Crippen molar-refractivity contribution in [2.24, 2.45) is 11.7 Å². The molecule has 0 spiro atoms. The minimum Gasteiger partial charge on any atom is -0.484 e. The molecule has 0 unspecified atom stereocenters. The Morgan fingerprint density at radius 1 is 1.11 bits per heavy atom. The van der Waals surface area contributed by atoms with Crippen LogP contribution in [0.5, 0.6) is 5.75 Å². The van der Waals surface area contributed by atoms with Gasteiger partial charge in [-0.2, -0.15) is 0 Å². The van der Waals surface area contributed by atoms with Gasteiger partial charge in [0, 0.05) is 13.1 Å². The van der Waals surface area contributed by atoms with Crippen molar-refractivity contribution in [1.82, 2.24) is 4.90 Å². The lowest BCUT2D eigenvalue weighted by molar-refractivity contribution is -0.119. The van der Waals surface area contributed by atoms with Crippen LogP contribution in [-0.4, -0.2) is 30.5 Å². The molecule has 144 valence electrons. The van der Waals surface area contributed by atoms with Gasteiger partial charge < -0.3 is 10.5 Å². The van der Waals surface area contributed by atoms with Crippen LogP contribution in [0.25, 0.3) is 0 Å². The normalized spacial score (nSPS) is 17.6. The molecule has 1 saturated heterocycles. The van der Waals surface area contributed by atoms with E-state index in [2.05, 4.69) is 4.90 Å². The second kappa shape index (κ2) is 9.51. The minimum atomic E-state index is -0.473. The number of hydrogen-bond donors (Lipinski definition) is 1. The third-order valence-electron chi connectivity index (χ3n) is 5.07. The van der Waals surface area contributed by atoms with Crippen LogP contribution in [0.3, 0.4) is 0 Å². The summed E-state index contributed by atoms with van der Waals surface area (Å²) in [6.45, 7) is 3.04. The molecule has 1 aliphatic rings. The van der Waals surface area contributed by atoms with E-state index in [1.165, 1.54) is 24.0 Å². The van der Waals surface area contributed by atoms with Gasteiger partial charge in [0.25, 0.3) is 5.91 Å². The van der Waals surface area contributed by atoms with Crippen molar-refractivity contribution in [1.29, 1.82) is 0 Å². The fourth-order valence-electron chi connectivity index (χ4n) is 3.66. The number of ether oxygens (including phenoxy) is 1. The van der Waals surface area contributed by atoms with Crippen molar-refractivity contribution < 1.29 is 13.9 Å². The van der Waals surface area contributed by atoms with E-state index in [0.717, 1.165) is 32.5 Å². The Labute approximate surface area is 160 Å². The lowest BCUT2D eigenvalue weighted by Gasteiger charge is -2.33. The molecule has 0 saturated carbocycles. The Balaban J connectivity index is 1.46. The summed E-state index contributed by atoms with van der Waals surface area (Å²) in [6.07, 6.45) is 4.62. The maximum atomic E-state index is 13.0. The van der Waals surface area contributed by atoms with E-state index >= 15 is 0 Å². The SMILES string of the molecule is NC(=O)COc1ccc(CN2CCC[C@H](CCc3ccc(F)cc3)C2)cc1. The summed E-state index contributed by atoms with van der Waals surface area (Å²) >= 11 is 0. The first-order valence-electron chi connectivity index (χ1n) is 9.55. The van der Waals surface area contributed by atoms with Gasteiger partial charge in [-0.05, 0) is 73.5 Å². The number of likely N-dealkylation sites (tertiary alicyclic amines) is 1. The lowest BCUT2D eigenvalue weighted by atomic mass is 9.91. The van der Waals surface area contributed by atoms with Crippen LogP contribution >= 0.6 is 0 Å². The molecule has 1 amide bonds. The van der Waals surface area contributed by atoms with Crippen molar-refractivity contribution in [2.75, 3.05) is 19.7 Å². The third-order valence-corrected chi connectivity index (χ3v) is 5.07. The Kier molecular flexibility index (Phi) is 6.82. The van der Waals surface area contributed by atoms with Crippen molar-refractivity contribution in [3.8, 4) is 5.75 Å². The average Bonchev–Trinajstić information content (AvgIpc) is 2.67. The van der Waals surface area contributed by atoms with Crippen molar-refractivity contribution in [3.05, 3.63) is 65.5 Å². The standard InChI is InChI=1S/C22H27FN2O2/c23-20-9-5-17(6-10-20)3-4-18-2-1-13-25(14-18)15-19-7-11-21(12-8-19)27-16-22(24)26/h5-12,18H,1-4,13-16H2,(H2,24,26)/t18-/m1/s1. The van der Waals surface area contributed by atoms with Gasteiger partial charge in [0.2, 0.25) is 0 Å². The quantitative estimate of drug-likeness (QED) is 0.773. The number of amides is 1. The Hall–Kier alpha value is -2.40. The third kappa shape index (κ3) is 6.36. The number of rotatable bonds is 8. The molecule has 1 atom stereocenters. The van der Waals surface area contributed by atoms with Gasteiger partial charge >= 0.3 is 0 Å². The van der Waals surface area contributed by atoms with E-state index < -0.39 is 5.91 Å². The molecule has 27 heavy (non-hydrogen) atoms. The number of halogens is 1. The number of carbonyl (C=O) groups is 1. The monoisotopic (exact) mass is 370 g/mol. The molecule has 1 fully saturated rings. The van der Waals surface area contributed by atoms with Gasteiger partial charge in [-0.1, -0.05) is 24.3 Å². The summed E-state index contributed by atoms with van der Waals surface area (Å²) < 4.78 is 18.3. The second-order valence-corrected chi connectivity index (χ2v) is 7.31. The zero-order valence-electron chi connectivity index (χ0n) is 15.6. The maximum Gasteiger partial charge on any atom is 0.255 e. The van der Waals surface area contributed by atoms with E-state index in [-0.39, 0.29) is 12.4 Å². The Morgan fingerprint density at radius 3 is 2.52 bits per heavy atom. The van der Waals surface area contributed by atoms with E-state index in [9.17, 15) is 9.18 Å². The van der Waals surface area contributed by atoms with Gasteiger partial charge in [-0.25, -0.2) is 4.39 Å². The van der Waals surface area contributed by atoms with Gasteiger partial charge in [-0.15, -0.1) is 0 Å². The van der Waals surface area contributed by atoms with Crippen LogP contribution in [0, 0.1) is 11.7 Å². The number of nitrogens with two attached hydrogens (primary N) is 1. The highest BCUT2D eigenvalue weighted by Crippen LogP contribution is 2.23. The number of aryl methyl sites for hydroxylation is 1. The number of hydrogen-bond acceptors (Lipinski definition) is 3. The molecule has 2 N–H and O–H groups in total. The molecular weight excluding hydrogens is 343 g/mol. The topological polar surface area (TPSA) is 55.6 Å². The predicted molar refractivity (Wildman–Crippen MR) is 104 cm³/mol. The molecule has 0 aromatic heterocycles. The first kappa shape index (κ1) is 19.4. The summed E-state index contributed by atoms with van der Waals surface area (Å²) in [5.74, 6) is 0.697. The number of nitrogens with zero attached hydrogens (tertiary/aromatic N) is 1. The Bertz CT molecular complexity index is 731. The molecule has 4 nitrogen and oxygen atoms in total. The lowest BCUT2D eigenvalue weighted by Crippen LogP contribution is -2.35. The largest absolute Gasteiger partial charge is 0.484 e. The molecule has 3 rings (SSSR count). The molecule has 0 bridgehead atoms. The smallest absolute Gasteiger partial charge is 0.255 e. The molecule has 1 heterocycles. The van der Waals surface area contributed by atoms with Gasteiger partial charge in [0.15, 0.2) is 6.61 Å². The summed E-state index contributed by atoms with van der Waals surface area (Å²) in [5.41, 5.74) is 7.53. The van der Waals surface area contributed by atoms with E-state index in [4.69, 9.17) is 10.5 Å². The average molecular weight is 370 g/mol. The van der Waals surface area contributed by atoms with E-state index in [0.29, 0.717) is 11.7 Å². The second-order valence-electron chi connectivity index (χ2n) is 7.31. The van der Waals surface area contributed by atoms with Gasteiger partial charge in [0.05, 0.1) is 0 Å². The van der Waals surface area contributed by atoms with E-state index in [1.54, 1.807) is 12.1 Å². The number of benzene rings is 2. The summed E-state index contributed by atoms with van der Waals surface area (Å²) in [7, 11) is 0. The fraction of sp³-hybridized carbons (Fsp3) is 0.409. The molecule has 2 aromatic carbocycles. The van der Waals surface area contributed by atoms with Crippen LogP contribution in [0.1, 0.15) is 30.4 Å². The van der Waals surface area contributed by atoms with Crippen molar-refractivity contribution in [2.45, 2.75) is 32.2 Å². The molecule has 0 aliphatic carbocycles. The van der Waals surface area contributed by atoms with Crippen LogP contribution in [0.2, 0.25) is 0 Å². The minimum absolute atomic E-state index is 0.0960. The predicted octanol–water partition coefficient (Wildman–Crippen LogP) is 3.53. The van der Waals surface area contributed by atoms with Crippen LogP contribution in [0.4, 0.5) is 4.39 Å². The summed E-state index contributed by atoms with van der Waals surface area (Å²) in [4.78, 5) is 13.3. The highest BCUT2D eigenvalue weighted by Gasteiger charge is 2.19. The van der Waals surface area contributed by atoms with Gasteiger partial charge in [-0.3, -0.25) is 9.69 Å². The highest BCUT2D eigenvalue weighted by molar-refractivity contribution is 5.75. The molecule has 0 radical (unpaired) electrons. The fourth-order valence-corrected chi connectivity index (χ4v) is 3.66. The van der Waals surface area contributed by atoms with E-state index in [1.807, 2.05) is 36.4 Å². The molecular formula is C22H27FN2O2. The van der Waals surface area contributed by atoms with Crippen molar-refractivity contribution >= 4 is 5.91 Å². The zero-order valence-corrected chi connectivity index (χ0v) is 15.6. The molecule has 5 heteroatoms. The highest BCUT2D eigenvalue weighted by atomic mass is 19.1. The molecule has 1 aliphatic heterocycles. The number of piperidine rings is 1. The first-order chi connectivity index (χ1) is 13.1. The number of primary amides is 1. The summed E-state index contributed by atoms with van der Waals surface area (Å²) in [5, 5.41) is 0. The number of carbonyl (C=O) groups excluding carboxylic acids is 1. The zero-order chi connectivity index (χ0) is 19.1. The van der Waals surface area contributed by atoms with Crippen LogP contribution in [0.15, 0.2) is 48.5 Å². The maximum absolute atomic E-state index is 13.0. The van der Waals surface area contributed by atoms with Crippen molar-refractivity contribution in [3.63, 3.8) is 0 Å². The Morgan fingerprint density at radius 2 is 1.81 bits per heavy atom. The molecule has 2 aromatic rings. The first-order valence-corrected chi connectivity index (χ1v) is 9.55. The summed E-state index contributed by atoms with van der Waals surface area (Å²) in [6, 6.07) is 14.7. The van der Waals surface area contributed by atoms with Gasteiger partial charge in [0.1, 0.15) is 11.6 Å².